The van der Waals surface area contributed by atoms with Crippen molar-refractivity contribution in [3.63, 3.8) is 0 Å². The number of benzene rings is 1. The van der Waals surface area contributed by atoms with Crippen molar-refractivity contribution in [3.05, 3.63) is 29.8 Å². The molecule has 0 fully saturated rings. The Morgan fingerprint density at radius 2 is 1.54 bits per heavy atom. The minimum atomic E-state index is -4.18. The van der Waals surface area contributed by atoms with Gasteiger partial charge in [-0.2, -0.15) is 13.2 Å². The number of hydrogen-bond donors (Lipinski definition) is 1. The Morgan fingerprint density at radius 1 is 1.08 bits per heavy atom. The number of halogens is 3. The Balaban J connectivity index is 0.00000144. The second-order valence-electron chi connectivity index (χ2n) is 2.46. The predicted octanol–water partition coefficient (Wildman–Crippen LogP) is 2.49. The summed E-state index contributed by atoms with van der Waals surface area (Å²) in [4.78, 5) is 0. The van der Waals surface area contributed by atoms with Gasteiger partial charge in [-0.15, -0.1) is 0 Å². The molecule has 0 bridgehead atoms. The van der Waals surface area contributed by atoms with E-state index in [2.05, 4.69) is 0 Å². The smallest absolute Gasteiger partial charge is 0.393 e. The molecule has 1 N–H and O–H groups in total. The van der Waals surface area contributed by atoms with Crippen LogP contribution in [0.15, 0.2) is 24.3 Å². The number of hydrogen-bond acceptors (Lipinski definition) is 1. The van der Waals surface area contributed by atoms with E-state index >= 15 is 0 Å². The zero-order valence-electron chi connectivity index (χ0n) is 6.51. The molecule has 0 saturated carbocycles. The van der Waals surface area contributed by atoms with Crippen LogP contribution in [0.3, 0.4) is 0 Å². The van der Waals surface area contributed by atoms with Crippen LogP contribution in [0.4, 0.5) is 13.2 Å². The van der Waals surface area contributed by atoms with E-state index in [-0.39, 0.29) is 28.7 Å². The molecule has 0 aliphatic carbocycles. The van der Waals surface area contributed by atoms with Crippen LogP contribution >= 0.6 is 0 Å². The minimum Gasteiger partial charge on any atom is -0.508 e. The predicted molar refractivity (Wildman–Crippen MR) is 37.9 cm³/mol. The van der Waals surface area contributed by atoms with Gasteiger partial charge in [0.25, 0.3) is 0 Å². The first-order chi connectivity index (χ1) is 5.47. The largest absolute Gasteiger partial charge is 0.508 e. The molecule has 0 amide bonds. The van der Waals surface area contributed by atoms with Gasteiger partial charge >= 0.3 is 6.18 Å². The molecule has 13 heavy (non-hydrogen) atoms. The van der Waals surface area contributed by atoms with Crippen LogP contribution < -0.4 is 0 Å². The van der Waals surface area contributed by atoms with Crippen LogP contribution in [0.2, 0.25) is 0 Å². The molecule has 0 unspecified atom stereocenters. The topological polar surface area (TPSA) is 20.2 Å². The molecule has 1 aromatic carbocycles. The number of alkyl halides is 3. The third kappa shape index (κ3) is 4.81. The standard InChI is InChI=1S/C8H7F3O.Cr/c9-8(10,11)5-6-1-3-7(12)4-2-6;/h1-4,12H,5H2;. The number of phenolic OH excluding ortho intramolecular Hbond substituents is 1. The van der Waals surface area contributed by atoms with Gasteiger partial charge in [0, 0.05) is 17.4 Å². The van der Waals surface area contributed by atoms with Gasteiger partial charge in [-0.05, 0) is 17.7 Å². The van der Waals surface area contributed by atoms with E-state index in [0.717, 1.165) is 0 Å². The monoisotopic (exact) mass is 228 g/mol. The molecule has 0 saturated heterocycles. The van der Waals surface area contributed by atoms with Crippen molar-refractivity contribution in [1.82, 2.24) is 0 Å². The molecule has 0 atom stereocenters. The fourth-order valence-corrected chi connectivity index (χ4v) is 0.845. The minimum absolute atomic E-state index is 0. The number of rotatable bonds is 1. The van der Waals surface area contributed by atoms with Crippen molar-refractivity contribution in [2.45, 2.75) is 12.6 Å². The fraction of sp³-hybridized carbons (Fsp3) is 0.250. The summed E-state index contributed by atoms with van der Waals surface area (Å²) in [7, 11) is 0. The fourth-order valence-electron chi connectivity index (χ4n) is 0.845. The molecule has 1 aromatic rings. The quantitative estimate of drug-likeness (QED) is 0.782. The second kappa shape index (κ2) is 4.54. The maximum Gasteiger partial charge on any atom is 0.393 e. The molecular formula is C8H7CrF3O. The van der Waals surface area contributed by atoms with Crippen LogP contribution in [0, 0.1) is 0 Å². The van der Waals surface area contributed by atoms with Gasteiger partial charge in [0.1, 0.15) is 5.75 Å². The molecule has 0 aromatic heterocycles. The third-order valence-electron chi connectivity index (χ3n) is 1.34. The maximum atomic E-state index is 11.8. The van der Waals surface area contributed by atoms with E-state index in [1.807, 2.05) is 0 Å². The summed E-state index contributed by atoms with van der Waals surface area (Å²) in [6.07, 6.45) is -5.13. The van der Waals surface area contributed by atoms with E-state index in [0.29, 0.717) is 0 Å². The zero-order chi connectivity index (χ0) is 9.19. The number of aromatic hydroxyl groups is 1. The van der Waals surface area contributed by atoms with Gasteiger partial charge in [-0.3, -0.25) is 0 Å². The van der Waals surface area contributed by atoms with Crippen LogP contribution in [-0.4, -0.2) is 11.3 Å². The molecular weight excluding hydrogens is 221 g/mol. The Hall–Kier alpha value is -0.658. The summed E-state index contributed by atoms with van der Waals surface area (Å²) in [6.45, 7) is 0. The first-order valence-electron chi connectivity index (χ1n) is 3.32. The summed E-state index contributed by atoms with van der Waals surface area (Å²) in [5.41, 5.74) is 0.153. The summed E-state index contributed by atoms with van der Waals surface area (Å²) < 4.78 is 35.3. The average molecular weight is 228 g/mol. The van der Waals surface area contributed by atoms with Crippen molar-refractivity contribution in [2.75, 3.05) is 0 Å². The van der Waals surface area contributed by atoms with Crippen molar-refractivity contribution < 1.29 is 35.6 Å². The normalized spacial score (nSPS) is 10.7. The van der Waals surface area contributed by atoms with E-state index < -0.39 is 12.6 Å². The molecule has 0 heterocycles. The maximum absolute atomic E-state index is 11.8. The van der Waals surface area contributed by atoms with Crippen LogP contribution in [-0.2, 0) is 23.8 Å². The van der Waals surface area contributed by atoms with Crippen molar-refractivity contribution >= 4 is 0 Å². The van der Waals surface area contributed by atoms with Crippen LogP contribution in [0.1, 0.15) is 5.56 Å². The molecule has 5 heteroatoms. The van der Waals surface area contributed by atoms with Gasteiger partial charge in [-0.25, -0.2) is 0 Å². The third-order valence-corrected chi connectivity index (χ3v) is 1.34. The van der Waals surface area contributed by atoms with Gasteiger partial charge in [0.15, 0.2) is 0 Å². The molecule has 0 spiro atoms. The van der Waals surface area contributed by atoms with E-state index in [1.165, 1.54) is 24.3 Å². The zero-order valence-corrected chi connectivity index (χ0v) is 7.78. The SMILES string of the molecule is Oc1ccc(CC(F)(F)F)cc1.[Cr]. The van der Waals surface area contributed by atoms with Crippen LogP contribution in [0.5, 0.6) is 5.75 Å². The van der Waals surface area contributed by atoms with E-state index in [4.69, 9.17) is 5.11 Å². The Bertz CT molecular complexity index is 255. The van der Waals surface area contributed by atoms with Crippen LogP contribution in [0.25, 0.3) is 0 Å². The first kappa shape index (κ1) is 12.3. The second-order valence-corrected chi connectivity index (χ2v) is 2.46. The molecule has 0 aliphatic heterocycles. The molecule has 1 rings (SSSR count). The average Bonchev–Trinajstić information content (AvgIpc) is 1.91. The van der Waals surface area contributed by atoms with Crippen molar-refractivity contribution in [1.29, 1.82) is 0 Å². The summed E-state index contributed by atoms with van der Waals surface area (Å²) in [5, 5.41) is 8.77. The Morgan fingerprint density at radius 3 is 1.92 bits per heavy atom. The Kier molecular flexibility index (Phi) is 4.31. The molecule has 0 aliphatic rings. The van der Waals surface area contributed by atoms with Gasteiger partial charge in [0.05, 0.1) is 6.42 Å². The van der Waals surface area contributed by atoms with Crippen molar-refractivity contribution in [2.24, 2.45) is 0 Å². The van der Waals surface area contributed by atoms with Gasteiger partial charge in [0.2, 0.25) is 0 Å². The summed E-state index contributed by atoms with van der Waals surface area (Å²) >= 11 is 0. The first-order valence-corrected chi connectivity index (χ1v) is 3.32. The van der Waals surface area contributed by atoms with Gasteiger partial charge < -0.3 is 5.11 Å². The summed E-state index contributed by atoms with van der Waals surface area (Å²) in [6, 6.07) is 4.98. The van der Waals surface area contributed by atoms with Crippen molar-refractivity contribution in [3.8, 4) is 5.75 Å². The van der Waals surface area contributed by atoms with Gasteiger partial charge in [-0.1, -0.05) is 12.1 Å². The molecule has 72 valence electrons. The molecule has 0 radical (unpaired) electrons. The summed E-state index contributed by atoms with van der Waals surface area (Å²) in [5.74, 6) is -0.0269. The number of phenols is 1. The van der Waals surface area contributed by atoms with E-state index in [9.17, 15) is 13.2 Å². The Labute approximate surface area is 84.3 Å². The van der Waals surface area contributed by atoms with E-state index in [1.54, 1.807) is 0 Å². The molecule has 1 nitrogen and oxygen atoms in total.